The zero-order chi connectivity index (χ0) is 23.6. The fraction of sp³-hybridized carbons (Fsp3) is 0.684. The largest absolute Gasteiger partial charge is 0.473 e. The number of aromatic nitrogens is 4. The van der Waals surface area contributed by atoms with E-state index in [1.807, 2.05) is 6.92 Å². The van der Waals surface area contributed by atoms with Gasteiger partial charge in [-0.05, 0) is 19.3 Å². The Labute approximate surface area is 189 Å². The third-order valence-corrected chi connectivity index (χ3v) is 8.11. The molecule has 178 valence electrons. The number of sulfone groups is 1. The van der Waals surface area contributed by atoms with Gasteiger partial charge >= 0.3 is 11.0 Å². The molecule has 2 aromatic rings. The first-order valence-electron chi connectivity index (χ1n) is 10.6. The second kappa shape index (κ2) is 9.79. The number of nitrogens with two attached hydrogens (primary N) is 1. The van der Waals surface area contributed by atoms with E-state index in [9.17, 15) is 22.8 Å². The van der Waals surface area contributed by atoms with E-state index >= 15 is 0 Å². The van der Waals surface area contributed by atoms with Crippen molar-refractivity contribution in [3.8, 4) is 0 Å². The molecule has 1 aliphatic heterocycles. The highest BCUT2D eigenvalue weighted by atomic mass is 32.2. The summed E-state index contributed by atoms with van der Waals surface area (Å²) in [5.74, 6) is -0.386. The van der Waals surface area contributed by atoms with Crippen LogP contribution >= 0.6 is 11.8 Å². The predicted octanol–water partition coefficient (Wildman–Crippen LogP) is 1.32. The van der Waals surface area contributed by atoms with Gasteiger partial charge in [-0.2, -0.15) is 0 Å². The maximum absolute atomic E-state index is 12.8. The van der Waals surface area contributed by atoms with Crippen molar-refractivity contribution in [2.45, 2.75) is 69.2 Å². The van der Waals surface area contributed by atoms with Crippen molar-refractivity contribution in [3.05, 3.63) is 20.8 Å². The Bertz CT molecular complexity index is 1210. The molecular formula is C19H29N5O6S2. The predicted molar refractivity (Wildman–Crippen MR) is 122 cm³/mol. The minimum absolute atomic E-state index is 0.0104. The number of hydrogen-bond acceptors (Lipinski definition) is 8. The molecule has 2 aliphatic rings. The average Bonchev–Trinajstić information content (AvgIpc) is 3.07. The van der Waals surface area contributed by atoms with Gasteiger partial charge in [0.05, 0.1) is 17.5 Å². The average molecular weight is 488 g/mol. The van der Waals surface area contributed by atoms with Crippen LogP contribution in [0.4, 0.5) is 4.79 Å². The zero-order valence-electron chi connectivity index (χ0n) is 18.2. The van der Waals surface area contributed by atoms with Crippen molar-refractivity contribution < 1.29 is 18.3 Å². The highest BCUT2D eigenvalue weighted by Gasteiger charge is 2.38. The number of hydrogen-bond donors (Lipinski definition) is 2. The molecule has 1 saturated carbocycles. The molecule has 0 bridgehead atoms. The smallest absolute Gasteiger partial charge is 0.372 e. The van der Waals surface area contributed by atoms with Crippen LogP contribution in [0.25, 0.3) is 11.2 Å². The summed E-state index contributed by atoms with van der Waals surface area (Å²) >= 11 is 0.381. The lowest BCUT2D eigenvalue weighted by molar-refractivity contribution is 0.222. The number of fused-ring (bicyclic) bond motifs is 1. The van der Waals surface area contributed by atoms with Crippen LogP contribution in [0.5, 0.6) is 0 Å². The first-order valence-corrected chi connectivity index (χ1v) is 13.3. The van der Waals surface area contributed by atoms with E-state index in [1.54, 1.807) is 0 Å². The molecule has 0 radical (unpaired) electrons. The molecule has 0 aromatic carbocycles. The third-order valence-electron chi connectivity index (χ3n) is 5.68. The molecule has 13 heteroatoms. The second-order valence-electron chi connectivity index (χ2n) is 8.23. The summed E-state index contributed by atoms with van der Waals surface area (Å²) in [6, 6.07) is -0.0362. The van der Waals surface area contributed by atoms with Crippen LogP contribution < -0.4 is 17.0 Å². The summed E-state index contributed by atoms with van der Waals surface area (Å²) < 4.78 is 26.7. The topological polar surface area (TPSA) is 159 Å². The van der Waals surface area contributed by atoms with Crippen molar-refractivity contribution in [3.63, 3.8) is 0 Å². The Morgan fingerprint density at radius 2 is 1.84 bits per heavy atom. The SMILES string of the molecule is CCCn1c(=O)c2c(nc(SC(=O)O)n2C2CS(=O)(=O)C2)n(C)c1=O.NC1CCCCC1. The van der Waals surface area contributed by atoms with Gasteiger partial charge in [-0.25, -0.2) is 23.0 Å². The van der Waals surface area contributed by atoms with E-state index < -0.39 is 32.4 Å². The second-order valence-corrected chi connectivity index (χ2v) is 11.3. The molecule has 3 heterocycles. The van der Waals surface area contributed by atoms with E-state index in [2.05, 4.69) is 4.98 Å². The van der Waals surface area contributed by atoms with Gasteiger partial charge in [0.25, 0.3) is 5.56 Å². The van der Waals surface area contributed by atoms with E-state index in [1.165, 1.54) is 48.3 Å². The number of rotatable bonds is 4. The Balaban J connectivity index is 0.000000352. The van der Waals surface area contributed by atoms with E-state index in [-0.39, 0.29) is 34.4 Å². The van der Waals surface area contributed by atoms with Gasteiger partial charge in [0.15, 0.2) is 26.2 Å². The number of nitrogens with zero attached hydrogens (tertiary/aromatic N) is 4. The molecule has 1 saturated heterocycles. The van der Waals surface area contributed by atoms with Gasteiger partial charge in [0.1, 0.15) is 0 Å². The molecule has 2 aromatic heterocycles. The van der Waals surface area contributed by atoms with Crippen LogP contribution in [-0.2, 0) is 23.4 Å². The fourth-order valence-corrected chi connectivity index (χ4v) is 6.05. The summed E-state index contributed by atoms with van der Waals surface area (Å²) in [6.07, 6.45) is 7.22. The van der Waals surface area contributed by atoms with Crippen LogP contribution in [0.15, 0.2) is 14.7 Å². The monoisotopic (exact) mass is 487 g/mol. The molecule has 1 aliphatic carbocycles. The van der Waals surface area contributed by atoms with Crippen LogP contribution in [0.1, 0.15) is 51.5 Å². The first kappa shape index (κ1) is 24.5. The molecule has 0 amide bonds. The van der Waals surface area contributed by atoms with Gasteiger partial charge in [0, 0.05) is 31.4 Å². The minimum atomic E-state index is -3.20. The van der Waals surface area contributed by atoms with Crippen molar-refractivity contribution in [1.82, 2.24) is 18.7 Å². The Kier molecular flexibility index (Phi) is 7.50. The molecule has 3 N–H and O–H groups in total. The minimum Gasteiger partial charge on any atom is -0.473 e. The van der Waals surface area contributed by atoms with Crippen LogP contribution in [0, 0.1) is 0 Å². The van der Waals surface area contributed by atoms with Gasteiger partial charge < -0.3 is 15.4 Å². The fourth-order valence-electron chi connectivity index (χ4n) is 4.05. The van der Waals surface area contributed by atoms with Crippen LogP contribution in [0.3, 0.4) is 0 Å². The Morgan fingerprint density at radius 3 is 2.31 bits per heavy atom. The summed E-state index contributed by atoms with van der Waals surface area (Å²) in [5.41, 5.74) is 4.61. The van der Waals surface area contributed by atoms with Crippen molar-refractivity contribution in [2.75, 3.05) is 11.5 Å². The van der Waals surface area contributed by atoms with Crippen molar-refractivity contribution in [1.29, 1.82) is 0 Å². The Morgan fingerprint density at radius 1 is 1.22 bits per heavy atom. The van der Waals surface area contributed by atoms with Crippen LogP contribution in [-0.4, -0.2) is 55.1 Å². The molecule has 2 fully saturated rings. The number of carbonyl (C=O) groups is 1. The van der Waals surface area contributed by atoms with Gasteiger partial charge in [-0.15, -0.1) is 0 Å². The maximum Gasteiger partial charge on any atom is 0.372 e. The van der Waals surface area contributed by atoms with Crippen molar-refractivity contribution >= 4 is 38.1 Å². The number of imidazole rings is 1. The standard InChI is InChI=1S/C13H16N4O6S2.C6H13N/c1-3-4-16-10(18)8-9(15(2)12(16)19)14-11(24-13(20)21)17(8)7-5-25(22,23)6-7;7-6-4-2-1-3-5-6/h7H,3-6H2,1-2H3,(H,20,21);6H,1-5,7H2. The summed E-state index contributed by atoms with van der Waals surface area (Å²) in [6.45, 7) is 2.02. The number of thioether (sulfide) groups is 1. The molecule has 4 rings (SSSR count). The molecule has 0 unspecified atom stereocenters. The van der Waals surface area contributed by atoms with E-state index in [4.69, 9.17) is 10.8 Å². The zero-order valence-corrected chi connectivity index (χ0v) is 19.8. The lowest BCUT2D eigenvalue weighted by atomic mass is 9.97. The lowest BCUT2D eigenvalue weighted by Crippen LogP contribution is -2.42. The molecule has 0 atom stereocenters. The van der Waals surface area contributed by atoms with Crippen molar-refractivity contribution in [2.24, 2.45) is 12.8 Å². The molecule has 0 spiro atoms. The summed E-state index contributed by atoms with van der Waals surface area (Å²) in [7, 11) is -1.76. The lowest BCUT2D eigenvalue weighted by Gasteiger charge is -2.28. The normalized spacial score (nSPS) is 18.7. The van der Waals surface area contributed by atoms with Gasteiger partial charge in [-0.1, -0.05) is 26.2 Å². The van der Waals surface area contributed by atoms with Gasteiger partial charge in [-0.3, -0.25) is 13.9 Å². The molecule has 32 heavy (non-hydrogen) atoms. The van der Waals surface area contributed by atoms with E-state index in [0.29, 0.717) is 24.2 Å². The quantitative estimate of drug-likeness (QED) is 0.606. The summed E-state index contributed by atoms with van der Waals surface area (Å²) in [5, 5.41) is 7.81. The summed E-state index contributed by atoms with van der Waals surface area (Å²) in [4.78, 5) is 40.4. The third kappa shape index (κ3) is 5.09. The molecular weight excluding hydrogens is 458 g/mol. The maximum atomic E-state index is 12.8. The number of carboxylic acid groups (broad SMARTS) is 1. The van der Waals surface area contributed by atoms with E-state index in [0.717, 1.165) is 4.57 Å². The first-order chi connectivity index (χ1) is 15.1. The number of aryl methyl sites for hydroxylation is 1. The molecule has 11 nitrogen and oxygen atoms in total. The highest BCUT2D eigenvalue weighted by Crippen LogP contribution is 2.32. The van der Waals surface area contributed by atoms with Gasteiger partial charge in [0.2, 0.25) is 0 Å². The van der Waals surface area contributed by atoms with Crippen LogP contribution in [0.2, 0.25) is 0 Å². The highest BCUT2D eigenvalue weighted by molar-refractivity contribution is 8.13. The Hall–Kier alpha value is -2.12.